The van der Waals surface area contributed by atoms with Crippen molar-refractivity contribution in [2.75, 3.05) is 26.7 Å². The van der Waals surface area contributed by atoms with Crippen molar-refractivity contribution in [2.24, 2.45) is 11.3 Å². The van der Waals surface area contributed by atoms with Gasteiger partial charge in [-0.25, -0.2) is 8.78 Å². The van der Waals surface area contributed by atoms with Crippen molar-refractivity contribution < 1.29 is 13.6 Å². The molecule has 0 aromatic heterocycles. The number of amides is 1. The highest BCUT2D eigenvalue weighted by molar-refractivity contribution is 5.80. The Kier molecular flexibility index (Phi) is 7.59. The first-order chi connectivity index (χ1) is 12.8. The molecule has 2 aliphatic rings. The van der Waals surface area contributed by atoms with E-state index in [2.05, 4.69) is 21.6 Å². The summed E-state index contributed by atoms with van der Waals surface area (Å²) in [6, 6.07) is 0. The second kappa shape index (κ2) is 9.49. The number of nitrogens with one attached hydrogen (secondary N) is 2. The number of hydrogen-bond acceptors (Lipinski definition) is 3. The molecule has 0 unspecified atom stereocenters. The van der Waals surface area contributed by atoms with Crippen LogP contribution in [0, 0.1) is 11.3 Å². The van der Waals surface area contributed by atoms with Crippen LogP contribution in [0.1, 0.15) is 46.5 Å². The number of carbonyl (C=O) groups is 1. The maximum Gasteiger partial charge on any atom is 0.263 e. The van der Waals surface area contributed by atoms with Gasteiger partial charge in [-0.2, -0.15) is 0 Å². The molecule has 6 heteroatoms. The highest BCUT2D eigenvalue weighted by Gasteiger charge is 2.45. The second-order valence-corrected chi connectivity index (χ2v) is 7.89. The van der Waals surface area contributed by atoms with Gasteiger partial charge in [0.15, 0.2) is 0 Å². The zero-order valence-corrected chi connectivity index (χ0v) is 16.9. The first kappa shape index (κ1) is 21.6. The number of hydrogen-bond donors (Lipinski definition) is 2. The number of rotatable bonds is 7. The summed E-state index contributed by atoms with van der Waals surface area (Å²) >= 11 is 0. The van der Waals surface area contributed by atoms with Crippen LogP contribution in [0.25, 0.3) is 0 Å². The van der Waals surface area contributed by atoms with Gasteiger partial charge in [-0.1, -0.05) is 12.2 Å². The fourth-order valence-electron chi connectivity index (χ4n) is 4.23. The molecule has 0 aromatic rings. The van der Waals surface area contributed by atoms with E-state index >= 15 is 0 Å². The van der Waals surface area contributed by atoms with Gasteiger partial charge in [0.2, 0.25) is 5.91 Å². The van der Waals surface area contributed by atoms with Crippen molar-refractivity contribution in [1.82, 2.24) is 15.5 Å². The van der Waals surface area contributed by atoms with Gasteiger partial charge < -0.3 is 10.6 Å². The molecular weight excluding hydrogens is 348 g/mol. The fraction of sp³-hybridized carbons (Fsp3) is 0.667. The number of allylic oxidation sites excluding steroid dienone is 5. The molecule has 1 amide bonds. The lowest BCUT2D eigenvalue weighted by molar-refractivity contribution is -0.127. The van der Waals surface area contributed by atoms with Gasteiger partial charge in [0.25, 0.3) is 6.43 Å². The SMILES string of the molecule is C/C=C(\CN1CC2(CCC(C(=O)N/C(C)=C/C(=C\C)C(F)F)CC2)C1)NC. The summed E-state index contributed by atoms with van der Waals surface area (Å²) in [6.07, 6.45) is 6.19. The molecule has 27 heavy (non-hydrogen) atoms. The average molecular weight is 382 g/mol. The van der Waals surface area contributed by atoms with Gasteiger partial charge in [0.1, 0.15) is 0 Å². The third kappa shape index (κ3) is 5.64. The van der Waals surface area contributed by atoms with E-state index in [1.54, 1.807) is 13.8 Å². The molecule has 0 bridgehead atoms. The van der Waals surface area contributed by atoms with E-state index in [-0.39, 0.29) is 17.4 Å². The molecule has 152 valence electrons. The largest absolute Gasteiger partial charge is 0.391 e. The Labute approximate surface area is 161 Å². The van der Waals surface area contributed by atoms with E-state index in [0.717, 1.165) is 45.3 Å². The summed E-state index contributed by atoms with van der Waals surface area (Å²) in [7, 11) is 1.95. The lowest BCUT2D eigenvalue weighted by Crippen LogP contribution is -2.58. The highest BCUT2D eigenvalue weighted by Crippen LogP contribution is 2.45. The molecule has 1 spiro atoms. The third-order valence-corrected chi connectivity index (χ3v) is 5.89. The van der Waals surface area contributed by atoms with Gasteiger partial charge >= 0.3 is 0 Å². The van der Waals surface area contributed by atoms with E-state index in [1.807, 2.05) is 14.0 Å². The van der Waals surface area contributed by atoms with Gasteiger partial charge in [0, 0.05) is 49.6 Å². The molecule has 0 atom stereocenters. The summed E-state index contributed by atoms with van der Waals surface area (Å²) in [4.78, 5) is 14.9. The first-order valence-electron chi connectivity index (χ1n) is 9.81. The van der Waals surface area contributed by atoms with Crippen LogP contribution in [0.4, 0.5) is 8.78 Å². The predicted molar refractivity (Wildman–Crippen MR) is 105 cm³/mol. The molecule has 1 aliphatic carbocycles. The lowest BCUT2D eigenvalue weighted by Gasteiger charge is -2.53. The minimum atomic E-state index is -2.52. The van der Waals surface area contributed by atoms with Crippen LogP contribution in [0.15, 0.2) is 35.2 Å². The Hall–Kier alpha value is -1.69. The van der Waals surface area contributed by atoms with Gasteiger partial charge in [-0.15, -0.1) is 0 Å². The van der Waals surface area contributed by atoms with E-state index in [9.17, 15) is 13.6 Å². The Balaban J connectivity index is 1.79. The summed E-state index contributed by atoms with van der Waals surface area (Å²) < 4.78 is 25.6. The van der Waals surface area contributed by atoms with E-state index in [0.29, 0.717) is 11.1 Å². The summed E-state index contributed by atoms with van der Waals surface area (Å²) in [6.45, 7) is 8.43. The number of likely N-dealkylation sites (N-methyl/N-ethyl adjacent to an activating group) is 1. The monoisotopic (exact) mass is 381 g/mol. The van der Waals surface area contributed by atoms with Gasteiger partial charge in [-0.05, 0) is 57.9 Å². The Bertz CT molecular complexity index is 609. The zero-order valence-electron chi connectivity index (χ0n) is 16.9. The standard InChI is InChI=1S/C21H33F2N3O/c1-5-16(19(22)23)11-15(3)25-20(27)17-7-9-21(10-8-17)13-26(14-21)12-18(6-2)24-4/h5-6,11,17,19,24H,7-10,12-14H2,1-4H3,(H,25,27)/b15-11+,16-5+,18-6+. The van der Waals surface area contributed by atoms with E-state index < -0.39 is 6.43 Å². The number of carbonyl (C=O) groups excluding carboxylic acids is 1. The van der Waals surface area contributed by atoms with Crippen molar-refractivity contribution >= 4 is 5.91 Å². The zero-order chi connectivity index (χ0) is 20.0. The summed E-state index contributed by atoms with van der Waals surface area (Å²) in [5, 5.41) is 6.02. The molecule has 1 heterocycles. The number of alkyl halides is 2. The Morgan fingerprint density at radius 1 is 1.22 bits per heavy atom. The van der Waals surface area contributed by atoms with E-state index in [4.69, 9.17) is 0 Å². The smallest absolute Gasteiger partial charge is 0.263 e. The number of halogens is 2. The maximum atomic E-state index is 12.8. The van der Waals surface area contributed by atoms with Crippen molar-refractivity contribution in [1.29, 1.82) is 0 Å². The molecule has 2 fully saturated rings. The molecule has 2 N–H and O–H groups in total. The first-order valence-corrected chi connectivity index (χ1v) is 9.81. The van der Waals surface area contributed by atoms with Crippen molar-refractivity contribution in [3.8, 4) is 0 Å². The van der Waals surface area contributed by atoms with Crippen molar-refractivity contribution in [3.05, 3.63) is 35.2 Å². The molecule has 4 nitrogen and oxygen atoms in total. The predicted octanol–water partition coefficient (Wildman–Crippen LogP) is 3.83. The molecule has 0 aromatic carbocycles. The fourth-order valence-corrected chi connectivity index (χ4v) is 4.23. The van der Waals surface area contributed by atoms with Crippen LogP contribution >= 0.6 is 0 Å². The number of nitrogens with zero attached hydrogens (tertiary/aromatic N) is 1. The summed E-state index contributed by atoms with van der Waals surface area (Å²) in [5.41, 5.74) is 2.02. The topological polar surface area (TPSA) is 44.4 Å². The maximum absolute atomic E-state index is 12.8. The second-order valence-electron chi connectivity index (χ2n) is 7.89. The summed E-state index contributed by atoms with van der Waals surface area (Å²) in [5.74, 6) is -0.0528. The Morgan fingerprint density at radius 2 is 1.85 bits per heavy atom. The molecule has 2 rings (SSSR count). The number of likely N-dealkylation sites (tertiary alicyclic amines) is 1. The lowest BCUT2D eigenvalue weighted by atomic mass is 9.65. The van der Waals surface area contributed by atoms with Gasteiger partial charge in [0.05, 0.1) is 0 Å². The van der Waals surface area contributed by atoms with Crippen LogP contribution < -0.4 is 10.6 Å². The molecule has 1 aliphatic heterocycles. The minimum absolute atomic E-state index is 0.0166. The van der Waals surface area contributed by atoms with Crippen molar-refractivity contribution in [3.63, 3.8) is 0 Å². The Morgan fingerprint density at radius 3 is 2.33 bits per heavy atom. The quantitative estimate of drug-likeness (QED) is 0.659. The third-order valence-electron chi connectivity index (χ3n) is 5.89. The molecule has 0 radical (unpaired) electrons. The van der Waals surface area contributed by atoms with Crippen LogP contribution in [0.5, 0.6) is 0 Å². The van der Waals surface area contributed by atoms with E-state index in [1.165, 1.54) is 17.8 Å². The van der Waals surface area contributed by atoms with Crippen LogP contribution in [0.3, 0.4) is 0 Å². The molecular formula is C21H33F2N3O. The minimum Gasteiger partial charge on any atom is -0.391 e. The average Bonchev–Trinajstić information content (AvgIpc) is 2.62. The van der Waals surface area contributed by atoms with Gasteiger partial charge in [-0.3, -0.25) is 9.69 Å². The highest BCUT2D eigenvalue weighted by atomic mass is 19.3. The van der Waals surface area contributed by atoms with Crippen molar-refractivity contribution in [2.45, 2.75) is 52.9 Å². The van der Waals surface area contributed by atoms with Crippen LogP contribution in [-0.4, -0.2) is 43.9 Å². The molecule has 1 saturated heterocycles. The molecule has 1 saturated carbocycles. The normalized spacial score (nSPS) is 22.1. The van der Waals surface area contributed by atoms with Crippen LogP contribution in [-0.2, 0) is 4.79 Å². The van der Waals surface area contributed by atoms with Crippen LogP contribution in [0.2, 0.25) is 0 Å².